The van der Waals surface area contributed by atoms with Crippen molar-refractivity contribution in [2.24, 2.45) is 0 Å². The average Bonchev–Trinajstić information content (AvgIpc) is 3.34. The Hall–Kier alpha value is -3.29. The number of carbonyl (C=O) groups excluding carboxylic acids is 1. The van der Waals surface area contributed by atoms with E-state index < -0.39 is 0 Å². The number of methoxy groups -OCH3 is 1. The number of likely N-dealkylation sites (N-methyl/N-ethyl adjacent to an activating group) is 1. The highest BCUT2D eigenvalue weighted by Crippen LogP contribution is 2.39. The molecule has 1 saturated heterocycles. The third kappa shape index (κ3) is 3.87. The summed E-state index contributed by atoms with van der Waals surface area (Å²) < 4.78 is 13.6. The molecule has 0 atom stereocenters. The minimum Gasteiger partial charge on any atom is -0.872 e. The summed E-state index contributed by atoms with van der Waals surface area (Å²) in [5, 5.41) is 13.7. The van der Waals surface area contributed by atoms with Gasteiger partial charge in [0.1, 0.15) is 18.0 Å². The van der Waals surface area contributed by atoms with E-state index in [0.717, 1.165) is 54.9 Å². The SMILES string of the molecule is CCn1cc(C=C2Oc3c(ccc([O-])c3C[NH+]3CCN(C)CC3)C2=O)c2cc(OC)ccc21. The third-order valence-corrected chi connectivity index (χ3v) is 6.77. The van der Waals surface area contributed by atoms with E-state index in [1.54, 1.807) is 19.3 Å². The molecule has 0 amide bonds. The normalized spacial score (nSPS) is 18.2. The van der Waals surface area contributed by atoms with Crippen molar-refractivity contribution >= 4 is 22.8 Å². The smallest absolute Gasteiger partial charge is 0.231 e. The molecule has 1 N–H and O–H groups in total. The van der Waals surface area contributed by atoms with Crippen LogP contribution in [-0.2, 0) is 13.1 Å². The lowest BCUT2D eigenvalue weighted by molar-refractivity contribution is -0.918. The number of benzene rings is 2. The first-order valence-corrected chi connectivity index (χ1v) is 11.4. The van der Waals surface area contributed by atoms with E-state index in [4.69, 9.17) is 9.47 Å². The second-order valence-corrected chi connectivity index (χ2v) is 8.84. The van der Waals surface area contributed by atoms with Crippen LogP contribution in [0.15, 0.2) is 42.3 Å². The predicted molar refractivity (Wildman–Crippen MR) is 125 cm³/mol. The lowest BCUT2D eigenvalue weighted by Crippen LogP contribution is -3.13. The Morgan fingerprint density at radius 1 is 1.21 bits per heavy atom. The van der Waals surface area contributed by atoms with E-state index in [0.29, 0.717) is 23.4 Å². The summed E-state index contributed by atoms with van der Waals surface area (Å²) in [6.45, 7) is 7.38. The van der Waals surface area contributed by atoms with Gasteiger partial charge < -0.3 is 24.0 Å². The number of rotatable bonds is 5. The van der Waals surface area contributed by atoms with Crippen molar-refractivity contribution in [3.05, 3.63) is 59.0 Å². The van der Waals surface area contributed by atoms with Crippen LogP contribution in [0.2, 0.25) is 0 Å². The maximum absolute atomic E-state index is 13.2. The Bertz CT molecular complexity index is 1250. The van der Waals surface area contributed by atoms with Crippen molar-refractivity contribution in [1.29, 1.82) is 0 Å². The first kappa shape index (κ1) is 21.6. The number of hydrogen-bond acceptors (Lipinski definition) is 5. The number of piperazine rings is 1. The molecule has 7 heteroatoms. The van der Waals surface area contributed by atoms with Crippen LogP contribution in [0.1, 0.15) is 28.4 Å². The van der Waals surface area contributed by atoms with Gasteiger partial charge in [-0.05, 0) is 44.3 Å². The van der Waals surface area contributed by atoms with Gasteiger partial charge in [0.15, 0.2) is 5.76 Å². The van der Waals surface area contributed by atoms with E-state index in [1.807, 2.05) is 24.4 Å². The summed E-state index contributed by atoms with van der Waals surface area (Å²) >= 11 is 0. The molecular weight excluding hydrogens is 418 g/mol. The number of quaternary nitrogens is 1. The van der Waals surface area contributed by atoms with Crippen LogP contribution in [0, 0.1) is 0 Å². The number of aromatic nitrogens is 1. The van der Waals surface area contributed by atoms with Gasteiger partial charge in [0, 0.05) is 47.9 Å². The minimum absolute atomic E-state index is 0.0680. The summed E-state index contributed by atoms with van der Waals surface area (Å²) in [4.78, 5) is 16.8. The maximum Gasteiger partial charge on any atom is 0.231 e. The summed E-state index contributed by atoms with van der Waals surface area (Å²) in [5.74, 6) is 1.19. The fraction of sp³-hybridized carbons (Fsp3) is 0.346. The second-order valence-electron chi connectivity index (χ2n) is 8.84. The molecule has 1 fully saturated rings. The molecule has 0 unspecified atom stereocenters. The molecule has 3 heterocycles. The zero-order chi connectivity index (χ0) is 23.1. The summed E-state index contributed by atoms with van der Waals surface area (Å²) in [5.41, 5.74) is 3.02. The standard InChI is InChI=1S/C26H29N3O4/c1-4-29-15-17(20-14-18(32-3)5-7-22(20)29)13-24-25(31)19-6-8-23(30)21(26(19)33-24)16-28-11-9-27(2)10-12-28/h5-8,13-15,30H,4,9-12,16H2,1-3H3. The lowest BCUT2D eigenvalue weighted by Gasteiger charge is -2.30. The number of aryl methyl sites for hydroxylation is 1. The van der Waals surface area contributed by atoms with Crippen LogP contribution < -0.4 is 19.5 Å². The fourth-order valence-electron chi connectivity index (χ4n) is 4.77. The van der Waals surface area contributed by atoms with Crippen molar-refractivity contribution in [2.45, 2.75) is 20.0 Å². The number of allylic oxidation sites excluding steroid dienone is 1. The van der Waals surface area contributed by atoms with Crippen molar-refractivity contribution in [3.8, 4) is 17.2 Å². The third-order valence-electron chi connectivity index (χ3n) is 6.77. The van der Waals surface area contributed by atoms with Crippen LogP contribution in [0.25, 0.3) is 17.0 Å². The fourth-order valence-corrected chi connectivity index (χ4v) is 4.77. The molecule has 3 aromatic rings. The minimum atomic E-state index is -0.181. The van der Waals surface area contributed by atoms with E-state index in [2.05, 4.69) is 23.4 Å². The second kappa shape index (κ2) is 8.57. The molecule has 1 aromatic heterocycles. The molecular formula is C26H29N3O4. The Morgan fingerprint density at radius 2 is 2.00 bits per heavy atom. The van der Waals surface area contributed by atoms with Crippen LogP contribution in [-0.4, -0.2) is 55.6 Å². The molecule has 0 spiro atoms. The number of hydrogen-bond donors (Lipinski definition) is 1. The summed E-state index contributed by atoms with van der Waals surface area (Å²) in [6.07, 6.45) is 3.80. The van der Waals surface area contributed by atoms with E-state index >= 15 is 0 Å². The van der Waals surface area contributed by atoms with Gasteiger partial charge >= 0.3 is 0 Å². The van der Waals surface area contributed by atoms with E-state index in [1.165, 1.54) is 11.0 Å². The van der Waals surface area contributed by atoms with Crippen LogP contribution in [0.3, 0.4) is 0 Å². The van der Waals surface area contributed by atoms with Crippen molar-refractivity contribution in [1.82, 2.24) is 9.47 Å². The van der Waals surface area contributed by atoms with Gasteiger partial charge in [-0.25, -0.2) is 0 Å². The van der Waals surface area contributed by atoms with Crippen molar-refractivity contribution < 1.29 is 24.3 Å². The molecule has 33 heavy (non-hydrogen) atoms. The Balaban J connectivity index is 1.50. The number of nitrogens with zero attached hydrogens (tertiary/aromatic N) is 2. The summed E-state index contributed by atoms with van der Waals surface area (Å²) in [6, 6.07) is 9.02. The number of fused-ring (bicyclic) bond motifs is 2. The first-order chi connectivity index (χ1) is 16.0. The number of ether oxygens (including phenoxy) is 2. The van der Waals surface area contributed by atoms with Crippen molar-refractivity contribution in [3.63, 3.8) is 0 Å². The Morgan fingerprint density at radius 3 is 2.73 bits per heavy atom. The quantitative estimate of drug-likeness (QED) is 0.603. The molecule has 172 valence electrons. The first-order valence-electron chi connectivity index (χ1n) is 11.4. The van der Waals surface area contributed by atoms with E-state index in [9.17, 15) is 9.90 Å². The molecule has 0 radical (unpaired) electrons. The molecule has 5 rings (SSSR count). The monoisotopic (exact) mass is 447 g/mol. The molecule has 2 aromatic carbocycles. The van der Waals surface area contributed by atoms with Gasteiger partial charge in [-0.3, -0.25) is 9.69 Å². The van der Waals surface area contributed by atoms with Crippen LogP contribution >= 0.6 is 0 Å². The van der Waals surface area contributed by atoms with Crippen molar-refractivity contribution in [2.75, 3.05) is 40.3 Å². The largest absolute Gasteiger partial charge is 0.872 e. The van der Waals surface area contributed by atoms with Gasteiger partial charge in [-0.2, -0.15) is 0 Å². The van der Waals surface area contributed by atoms with E-state index in [-0.39, 0.29) is 17.3 Å². The number of ketones is 1. The van der Waals surface area contributed by atoms with Gasteiger partial charge in [-0.15, -0.1) is 0 Å². The van der Waals surface area contributed by atoms with Crippen LogP contribution in [0.4, 0.5) is 0 Å². The number of nitrogens with one attached hydrogen (secondary N) is 1. The van der Waals surface area contributed by atoms with Gasteiger partial charge in [-0.1, -0.05) is 11.8 Å². The topological polar surface area (TPSA) is 71.2 Å². The molecule has 2 aliphatic heterocycles. The zero-order valence-electron chi connectivity index (χ0n) is 19.3. The summed E-state index contributed by atoms with van der Waals surface area (Å²) in [7, 11) is 3.75. The molecule has 0 bridgehead atoms. The zero-order valence-corrected chi connectivity index (χ0v) is 19.3. The molecule has 2 aliphatic rings. The Kier molecular flexibility index (Phi) is 5.60. The molecule has 7 nitrogen and oxygen atoms in total. The molecule has 0 saturated carbocycles. The lowest BCUT2D eigenvalue weighted by atomic mass is 10.0. The average molecular weight is 448 g/mol. The molecule has 0 aliphatic carbocycles. The number of Topliss-reactive ketones (excluding diaryl/α,β-unsaturated/α-hetero) is 1. The highest BCUT2D eigenvalue weighted by Gasteiger charge is 2.32. The maximum atomic E-state index is 13.2. The van der Waals surface area contributed by atoms with Gasteiger partial charge in [0.25, 0.3) is 0 Å². The Labute approximate surface area is 193 Å². The number of carbonyl (C=O) groups is 1. The van der Waals surface area contributed by atoms with Gasteiger partial charge in [0.2, 0.25) is 5.78 Å². The highest BCUT2D eigenvalue weighted by molar-refractivity contribution is 6.15. The highest BCUT2D eigenvalue weighted by atomic mass is 16.5. The van der Waals surface area contributed by atoms with Crippen LogP contribution in [0.5, 0.6) is 17.2 Å². The van der Waals surface area contributed by atoms with Gasteiger partial charge in [0.05, 0.1) is 25.8 Å². The predicted octanol–water partition coefficient (Wildman–Crippen LogP) is 1.69.